The molecule has 2 N–H and O–H groups in total. The third-order valence-corrected chi connectivity index (χ3v) is 4.50. The highest BCUT2D eigenvalue weighted by atomic mass is 16.5. The molecule has 0 aromatic heterocycles. The first kappa shape index (κ1) is 18.5. The highest BCUT2D eigenvalue weighted by Gasteiger charge is 2.18. The van der Waals surface area contributed by atoms with Gasteiger partial charge in [0.05, 0.1) is 0 Å². The van der Waals surface area contributed by atoms with Gasteiger partial charge in [-0.3, -0.25) is 14.9 Å². The van der Waals surface area contributed by atoms with Crippen LogP contribution >= 0.6 is 0 Å². The van der Waals surface area contributed by atoms with Gasteiger partial charge in [-0.25, -0.2) is 5.48 Å². The molecule has 1 saturated heterocycles. The lowest BCUT2D eigenvalue weighted by Crippen LogP contribution is -2.46. The van der Waals surface area contributed by atoms with E-state index in [9.17, 15) is 4.79 Å². The van der Waals surface area contributed by atoms with Crippen LogP contribution in [0.5, 0.6) is 0 Å². The second-order valence-corrected chi connectivity index (χ2v) is 6.26. The van der Waals surface area contributed by atoms with Gasteiger partial charge in [0.25, 0.3) is 5.91 Å². The summed E-state index contributed by atoms with van der Waals surface area (Å²) in [4.78, 5) is 16.1. The van der Waals surface area contributed by atoms with Crippen LogP contribution in [0.1, 0.15) is 38.2 Å². The molecule has 1 aliphatic rings. The zero-order chi connectivity index (χ0) is 17.2. The van der Waals surface area contributed by atoms with Crippen molar-refractivity contribution in [2.45, 2.75) is 32.6 Å². The van der Waals surface area contributed by atoms with E-state index < -0.39 is 5.91 Å². The summed E-state index contributed by atoms with van der Waals surface area (Å²) in [7, 11) is 0. The van der Waals surface area contributed by atoms with Crippen molar-refractivity contribution in [3.63, 3.8) is 0 Å². The molecule has 0 spiro atoms. The lowest BCUT2D eigenvalue weighted by Gasteiger charge is -2.36. The molecule has 5 heteroatoms. The molecule has 1 aliphatic heterocycles. The number of nitrogens with one attached hydrogen (secondary N) is 1. The second kappa shape index (κ2) is 10.1. The monoisotopic (exact) mass is 331 g/mol. The summed E-state index contributed by atoms with van der Waals surface area (Å²) >= 11 is 0. The highest BCUT2D eigenvalue weighted by Crippen LogP contribution is 2.23. The van der Waals surface area contributed by atoms with Crippen LogP contribution in [0, 0.1) is 0 Å². The lowest BCUT2D eigenvalue weighted by atomic mass is 10.1. The molecule has 132 valence electrons. The van der Waals surface area contributed by atoms with Gasteiger partial charge in [-0.15, -0.1) is 0 Å². The van der Waals surface area contributed by atoms with Gasteiger partial charge in [0.1, 0.15) is 0 Å². The summed E-state index contributed by atoms with van der Waals surface area (Å²) in [5.41, 5.74) is 3.76. The normalized spacial score (nSPS) is 15.8. The van der Waals surface area contributed by atoms with Gasteiger partial charge >= 0.3 is 0 Å². The average Bonchev–Trinajstić information content (AvgIpc) is 2.64. The number of unbranched alkanes of at least 4 members (excludes halogenated alkanes) is 3. The number of amides is 1. The number of rotatable bonds is 8. The Balaban J connectivity index is 1.89. The van der Waals surface area contributed by atoms with Crippen LogP contribution in [0.2, 0.25) is 0 Å². The van der Waals surface area contributed by atoms with E-state index in [1.807, 2.05) is 18.2 Å². The molecule has 0 aliphatic carbocycles. The number of nitrogens with zero attached hydrogens (tertiary/aromatic N) is 2. The minimum absolute atomic E-state index is 0.512. The zero-order valence-corrected chi connectivity index (χ0v) is 14.6. The minimum atomic E-state index is -0.512. The SMILES string of the molecule is CCCCCCN1CCN(c2ccccc2C=CC(=O)NO)CC1. The van der Waals surface area contributed by atoms with E-state index in [2.05, 4.69) is 22.8 Å². The third kappa shape index (κ3) is 5.65. The van der Waals surface area contributed by atoms with Gasteiger partial charge in [0.15, 0.2) is 0 Å². The van der Waals surface area contributed by atoms with Gasteiger partial charge in [0, 0.05) is 37.9 Å². The molecule has 1 fully saturated rings. The summed E-state index contributed by atoms with van der Waals surface area (Å²) in [6, 6.07) is 8.07. The van der Waals surface area contributed by atoms with E-state index in [1.54, 1.807) is 11.6 Å². The Hall–Kier alpha value is -1.85. The van der Waals surface area contributed by atoms with Crippen molar-refractivity contribution in [3.05, 3.63) is 35.9 Å². The molecule has 0 unspecified atom stereocenters. The largest absolute Gasteiger partial charge is 0.368 e. The van der Waals surface area contributed by atoms with E-state index >= 15 is 0 Å². The van der Waals surface area contributed by atoms with E-state index in [0.29, 0.717) is 0 Å². The fraction of sp³-hybridized carbons (Fsp3) is 0.526. The average molecular weight is 331 g/mol. The fourth-order valence-electron chi connectivity index (χ4n) is 3.09. The van der Waals surface area contributed by atoms with E-state index in [1.165, 1.54) is 38.3 Å². The van der Waals surface area contributed by atoms with Crippen molar-refractivity contribution < 1.29 is 10.0 Å². The van der Waals surface area contributed by atoms with Crippen molar-refractivity contribution in [2.24, 2.45) is 0 Å². The van der Waals surface area contributed by atoms with Crippen LogP contribution in [0.4, 0.5) is 5.69 Å². The molecule has 5 nitrogen and oxygen atoms in total. The highest BCUT2D eigenvalue weighted by molar-refractivity contribution is 5.91. The Morgan fingerprint density at radius 3 is 2.62 bits per heavy atom. The quantitative estimate of drug-likeness (QED) is 0.333. The van der Waals surface area contributed by atoms with Crippen molar-refractivity contribution in [1.82, 2.24) is 10.4 Å². The third-order valence-electron chi connectivity index (χ3n) is 4.50. The fourth-order valence-corrected chi connectivity index (χ4v) is 3.09. The molecule has 1 aromatic carbocycles. The molecule has 2 rings (SSSR count). The van der Waals surface area contributed by atoms with Crippen LogP contribution in [-0.4, -0.2) is 48.7 Å². The van der Waals surface area contributed by atoms with Crippen LogP contribution in [-0.2, 0) is 4.79 Å². The summed E-state index contributed by atoms with van der Waals surface area (Å²) in [6.45, 7) is 7.62. The lowest BCUT2D eigenvalue weighted by molar-refractivity contribution is -0.124. The molecule has 1 amide bonds. The predicted molar refractivity (Wildman–Crippen MR) is 98.2 cm³/mol. The number of anilines is 1. The minimum Gasteiger partial charge on any atom is -0.368 e. The molecule has 24 heavy (non-hydrogen) atoms. The number of para-hydroxylation sites is 1. The summed E-state index contributed by atoms with van der Waals surface area (Å²) in [5.74, 6) is -0.512. The Kier molecular flexibility index (Phi) is 7.79. The number of hydrogen-bond donors (Lipinski definition) is 2. The number of hydrogen-bond acceptors (Lipinski definition) is 4. The van der Waals surface area contributed by atoms with E-state index in [-0.39, 0.29) is 0 Å². The molecule has 1 heterocycles. The van der Waals surface area contributed by atoms with Gasteiger partial charge in [-0.05, 0) is 30.7 Å². The number of hydroxylamine groups is 1. The molecule has 0 bridgehead atoms. The van der Waals surface area contributed by atoms with Crippen molar-refractivity contribution in [1.29, 1.82) is 0 Å². The van der Waals surface area contributed by atoms with Gasteiger partial charge in [-0.2, -0.15) is 0 Å². The second-order valence-electron chi connectivity index (χ2n) is 6.26. The standard InChI is InChI=1S/C19H29N3O2/c1-2-3-4-7-12-21-13-15-22(16-14-21)18-9-6-5-8-17(18)10-11-19(23)20-24/h5-6,8-11,24H,2-4,7,12-16H2,1H3,(H,20,23). The summed E-state index contributed by atoms with van der Waals surface area (Å²) in [6.07, 6.45) is 8.34. The van der Waals surface area contributed by atoms with Crippen LogP contribution in [0.3, 0.4) is 0 Å². The summed E-state index contributed by atoms with van der Waals surface area (Å²) < 4.78 is 0. The first-order chi connectivity index (χ1) is 11.7. The number of benzene rings is 1. The van der Waals surface area contributed by atoms with Crippen LogP contribution in [0.15, 0.2) is 30.3 Å². The molecule has 0 saturated carbocycles. The molecule has 0 atom stereocenters. The maximum atomic E-state index is 11.2. The molecular formula is C19H29N3O2. The van der Waals surface area contributed by atoms with E-state index in [0.717, 1.165) is 37.4 Å². The Morgan fingerprint density at radius 2 is 1.92 bits per heavy atom. The van der Waals surface area contributed by atoms with Crippen LogP contribution < -0.4 is 10.4 Å². The van der Waals surface area contributed by atoms with Crippen molar-refractivity contribution >= 4 is 17.7 Å². The zero-order valence-electron chi connectivity index (χ0n) is 14.6. The van der Waals surface area contributed by atoms with Gasteiger partial charge < -0.3 is 4.90 Å². The van der Waals surface area contributed by atoms with Gasteiger partial charge in [-0.1, -0.05) is 44.4 Å². The predicted octanol–water partition coefficient (Wildman–Crippen LogP) is 2.91. The molecular weight excluding hydrogens is 302 g/mol. The number of carbonyl (C=O) groups is 1. The van der Waals surface area contributed by atoms with E-state index in [4.69, 9.17) is 5.21 Å². The maximum absolute atomic E-state index is 11.2. The Bertz CT molecular complexity index is 537. The number of carbonyl (C=O) groups excluding carboxylic acids is 1. The molecule has 0 radical (unpaired) electrons. The first-order valence-electron chi connectivity index (χ1n) is 8.93. The number of piperazine rings is 1. The smallest absolute Gasteiger partial charge is 0.267 e. The van der Waals surface area contributed by atoms with Crippen molar-refractivity contribution in [2.75, 3.05) is 37.6 Å². The molecule has 1 aromatic rings. The first-order valence-corrected chi connectivity index (χ1v) is 8.93. The Labute approximate surface area is 144 Å². The van der Waals surface area contributed by atoms with Crippen LogP contribution in [0.25, 0.3) is 6.08 Å². The maximum Gasteiger partial charge on any atom is 0.267 e. The van der Waals surface area contributed by atoms with Crippen molar-refractivity contribution in [3.8, 4) is 0 Å². The topological polar surface area (TPSA) is 55.8 Å². The van der Waals surface area contributed by atoms with Gasteiger partial charge in [0.2, 0.25) is 0 Å². The summed E-state index contributed by atoms with van der Waals surface area (Å²) in [5, 5.41) is 8.60. The Morgan fingerprint density at radius 1 is 1.17 bits per heavy atom.